The summed E-state index contributed by atoms with van der Waals surface area (Å²) >= 11 is 12.1. The first-order chi connectivity index (χ1) is 15.9. The molecule has 1 heterocycles. The van der Waals surface area contributed by atoms with Crippen LogP contribution in [0.5, 0.6) is 0 Å². The summed E-state index contributed by atoms with van der Waals surface area (Å²) < 4.78 is 0. The number of nitrogens with one attached hydrogen (secondary N) is 2. The van der Waals surface area contributed by atoms with Gasteiger partial charge in [-0.05, 0) is 54.7 Å². The van der Waals surface area contributed by atoms with E-state index in [1.807, 2.05) is 42.5 Å². The topological polar surface area (TPSA) is 91.3 Å². The molecule has 0 bridgehead atoms. The van der Waals surface area contributed by atoms with Crippen LogP contribution in [-0.4, -0.2) is 34.6 Å². The molecule has 0 saturated carbocycles. The molecule has 1 aromatic heterocycles. The van der Waals surface area contributed by atoms with Crippen molar-refractivity contribution in [3.63, 3.8) is 0 Å². The fourth-order valence-corrected chi connectivity index (χ4v) is 3.93. The summed E-state index contributed by atoms with van der Waals surface area (Å²) in [5.41, 5.74) is 2.06. The number of aromatic nitrogens is 1. The summed E-state index contributed by atoms with van der Waals surface area (Å²) in [6.07, 6.45) is 4.86. The van der Waals surface area contributed by atoms with Crippen molar-refractivity contribution in [2.75, 3.05) is 11.9 Å². The molecule has 6 nitrogen and oxygen atoms in total. The van der Waals surface area contributed by atoms with Gasteiger partial charge in [-0.1, -0.05) is 59.6 Å². The number of anilines is 1. The zero-order valence-electron chi connectivity index (χ0n) is 17.9. The largest absolute Gasteiger partial charge is 0.480 e. The Balaban J connectivity index is 1.49. The van der Waals surface area contributed by atoms with Gasteiger partial charge in [-0.2, -0.15) is 0 Å². The van der Waals surface area contributed by atoms with Crippen molar-refractivity contribution in [1.82, 2.24) is 10.3 Å². The van der Waals surface area contributed by atoms with E-state index < -0.39 is 17.9 Å². The Labute approximate surface area is 203 Å². The predicted octanol–water partition coefficient (Wildman–Crippen LogP) is 5.25. The number of aryl methyl sites for hydroxylation is 1. The minimum Gasteiger partial charge on any atom is -0.480 e. The first kappa shape index (κ1) is 24.6. The van der Waals surface area contributed by atoms with Crippen LogP contribution in [0.2, 0.25) is 10.0 Å². The molecule has 8 heteroatoms. The lowest BCUT2D eigenvalue weighted by Crippen LogP contribution is -2.42. The first-order valence-electron chi connectivity index (χ1n) is 10.6. The average Bonchev–Trinajstić information content (AvgIpc) is 2.80. The number of carboxylic acid groups (broad SMARTS) is 1. The SMILES string of the molecule is O=C(NC(Cc1ccc(CCCCNc2ccccn2)cc1)C(=O)O)c1c(Cl)cccc1Cl. The minimum absolute atomic E-state index is 0.0694. The number of hydrogen-bond donors (Lipinski definition) is 3. The van der Waals surface area contributed by atoms with E-state index in [9.17, 15) is 14.7 Å². The van der Waals surface area contributed by atoms with Gasteiger partial charge >= 0.3 is 5.97 Å². The van der Waals surface area contributed by atoms with E-state index in [-0.39, 0.29) is 22.0 Å². The molecular weight excluding hydrogens is 461 g/mol. The third kappa shape index (κ3) is 7.48. The Hall–Kier alpha value is -3.09. The highest BCUT2D eigenvalue weighted by molar-refractivity contribution is 6.39. The number of unbranched alkanes of at least 4 members (excludes halogenated alkanes) is 1. The van der Waals surface area contributed by atoms with E-state index in [1.54, 1.807) is 12.3 Å². The van der Waals surface area contributed by atoms with Gasteiger partial charge in [0.25, 0.3) is 5.91 Å². The first-order valence-corrected chi connectivity index (χ1v) is 11.4. The lowest BCUT2D eigenvalue weighted by Gasteiger charge is -2.16. The molecule has 0 saturated heterocycles. The number of carboxylic acids is 1. The maximum absolute atomic E-state index is 12.6. The van der Waals surface area contributed by atoms with E-state index in [0.717, 1.165) is 37.2 Å². The summed E-state index contributed by atoms with van der Waals surface area (Å²) in [6.45, 7) is 0.852. The maximum Gasteiger partial charge on any atom is 0.326 e. The van der Waals surface area contributed by atoms with Crippen molar-refractivity contribution < 1.29 is 14.7 Å². The summed E-state index contributed by atoms with van der Waals surface area (Å²) in [7, 11) is 0. The molecule has 1 atom stereocenters. The second-order valence-corrected chi connectivity index (χ2v) is 8.39. The fourth-order valence-electron chi connectivity index (χ4n) is 3.36. The number of nitrogens with zero attached hydrogens (tertiary/aromatic N) is 1. The Morgan fingerprint density at radius 1 is 0.909 bits per heavy atom. The average molecular weight is 486 g/mol. The van der Waals surface area contributed by atoms with Gasteiger partial charge in [0.05, 0.1) is 15.6 Å². The molecule has 0 aliphatic carbocycles. The summed E-state index contributed by atoms with van der Waals surface area (Å²) in [5.74, 6) is -0.872. The summed E-state index contributed by atoms with van der Waals surface area (Å²) in [4.78, 5) is 28.5. The number of carbonyl (C=O) groups is 2. The highest BCUT2D eigenvalue weighted by Gasteiger charge is 2.23. The van der Waals surface area contributed by atoms with Crippen LogP contribution in [0.1, 0.15) is 34.3 Å². The Morgan fingerprint density at radius 3 is 2.24 bits per heavy atom. The smallest absolute Gasteiger partial charge is 0.326 e. The van der Waals surface area contributed by atoms with Crippen LogP contribution in [0, 0.1) is 0 Å². The van der Waals surface area contributed by atoms with Crippen molar-refractivity contribution in [2.45, 2.75) is 31.7 Å². The molecule has 0 aliphatic heterocycles. The van der Waals surface area contributed by atoms with Crippen LogP contribution in [0.4, 0.5) is 5.82 Å². The van der Waals surface area contributed by atoms with E-state index >= 15 is 0 Å². The fraction of sp³-hybridized carbons (Fsp3) is 0.240. The Kier molecular flexibility index (Phi) is 9.10. The van der Waals surface area contributed by atoms with Gasteiger partial charge in [-0.25, -0.2) is 9.78 Å². The molecule has 0 aliphatic rings. The zero-order valence-corrected chi connectivity index (χ0v) is 19.4. The molecule has 172 valence electrons. The van der Waals surface area contributed by atoms with Crippen LogP contribution in [0.25, 0.3) is 0 Å². The predicted molar refractivity (Wildman–Crippen MR) is 131 cm³/mol. The molecule has 3 aromatic rings. The van der Waals surface area contributed by atoms with Crippen LogP contribution >= 0.6 is 23.2 Å². The Bertz CT molecular complexity index is 1060. The summed E-state index contributed by atoms with van der Waals surface area (Å²) in [6, 6.07) is 17.1. The lowest BCUT2D eigenvalue weighted by atomic mass is 10.0. The van der Waals surface area contributed by atoms with Crippen LogP contribution in [0.15, 0.2) is 66.9 Å². The molecule has 0 radical (unpaired) electrons. The van der Waals surface area contributed by atoms with Crippen molar-refractivity contribution in [2.24, 2.45) is 0 Å². The number of pyridine rings is 1. The van der Waals surface area contributed by atoms with Gasteiger partial charge in [0.15, 0.2) is 0 Å². The number of aliphatic carboxylic acids is 1. The van der Waals surface area contributed by atoms with Gasteiger partial charge in [-0.15, -0.1) is 0 Å². The number of benzene rings is 2. The highest BCUT2D eigenvalue weighted by atomic mass is 35.5. The second kappa shape index (κ2) is 12.2. The standard InChI is InChI=1S/C25H25Cl2N3O3/c26-19-7-5-8-20(27)23(19)24(31)30-21(25(32)33)16-18-12-10-17(11-13-18)6-1-3-14-28-22-9-2-4-15-29-22/h2,4-5,7-13,15,21H,1,3,6,14,16H2,(H,28,29)(H,30,31)(H,32,33). The quantitative estimate of drug-likeness (QED) is 0.322. The van der Waals surface area contributed by atoms with E-state index in [2.05, 4.69) is 15.6 Å². The molecular formula is C25H25Cl2N3O3. The molecule has 3 N–H and O–H groups in total. The van der Waals surface area contributed by atoms with Gasteiger partial charge in [0.1, 0.15) is 11.9 Å². The van der Waals surface area contributed by atoms with Crippen molar-refractivity contribution in [1.29, 1.82) is 0 Å². The molecule has 33 heavy (non-hydrogen) atoms. The van der Waals surface area contributed by atoms with Gasteiger partial charge < -0.3 is 15.7 Å². The van der Waals surface area contributed by atoms with E-state index in [0.29, 0.717) is 0 Å². The molecule has 3 rings (SSSR count). The van der Waals surface area contributed by atoms with Crippen LogP contribution in [0.3, 0.4) is 0 Å². The van der Waals surface area contributed by atoms with Crippen molar-refractivity contribution in [3.05, 3.63) is 93.6 Å². The zero-order chi connectivity index (χ0) is 23.6. The van der Waals surface area contributed by atoms with Gasteiger partial charge in [0.2, 0.25) is 0 Å². The number of rotatable bonds is 11. The van der Waals surface area contributed by atoms with E-state index in [1.165, 1.54) is 17.7 Å². The van der Waals surface area contributed by atoms with Crippen molar-refractivity contribution in [3.8, 4) is 0 Å². The second-order valence-electron chi connectivity index (χ2n) is 7.58. The molecule has 0 spiro atoms. The minimum atomic E-state index is -1.13. The van der Waals surface area contributed by atoms with Crippen LogP contribution < -0.4 is 10.6 Å². The third-order valence-corrected chi connectivity index (χ3v) is 5.75. The molecule has 1 amide bonds. The number of hydrogen-bond acceptors (Lipinski definition) is 4. The third-order valence-electron chi connectivity index (χ3n) is 5.12. The summed E-state index contributed by atoms with van der Waals surface area (Å²) in [5, 5.41) is 15.7. The number of halogens is 2. The lowest BCUT2D eigenvalue weighted by molar-refractivity contribution is -0.139. The van der Waals surface area contributed by atoms with Crippen molar-refractivity contribution >= 4 is 40.9 Å². The van der Waals surface area contributed by atoms with Gasteiger partial charge in [0, 0.05) is 19.2 Å². The van der Waals surface area contributed by atoms with E-state index in [4.69, 9.17) is 23.2 Å². The van der Waals surface area contributed by atoms with Gasteiger partial charge in [-0.3, -0.25) is 4.79 Å². The number of carbonyl (C=O) groups excluding carboxylic acids is 1. The molecule has 0 fully saturated rings. The molecule has 1 unspecified atom stereocenters. The Morgan fingerprint density at radius 2 is 1.61 bits per heavy atom. The highest BCUT2D eigenvalue weighted by Crippen LogP contribution is 2.24. The number of amides is 1. The van der Waals surface area contributed by atoms with Crippen LogP contribution in [-0.2, 0) is 17.6 Å². The monoisotopic (exact) mass is 485 g/mol. The normalized spacial score (nSPS) is 11.6. The maximum atomic E-state index is 12.6. The molecule has 2 aromatic carbocycles.